The number of hydrogen-bond donors (Lipinski definition) is 2. The number of aliphatic hydroxyl groups excluding tert-OH is 1. The number of nitrogens with one attached hydrogen (secondary N) is 1. The second kappa shape index (κ2) is 9.06. The van der Waals surface area contributed by atoms with Crippen LogP contribution >= 0.6 is 0 Å². The largest absolute Gasteiger partial charge is 0.396 e. The molecule has 0 heterocycles. The minimum atomic E-state index is -0.275. The van der Waals surface area contributed by atoms with Crippen molar-refractivity contribution in [2.24, 2.45) is 0 Å². The minimum Gasteiger partial charge on any atom is -0.396 e. The van der Waals surface area contributed by atoms with Crippen LogP contribution in [0.1, 0.15) is 29.9 Å². The third-order valence-corrected chi connectivity index (χ3v) is 3.87. The van der Waals surface area contributed by atoms with Crippen molar-refractivity contribution >= 4 is 5.91 Å². The van der Waals surface area contributed by atoms with Crippen molar-refractivity contribution in [2.45, 2.75) is 25.2 Å². The van der Waals surface area contributed by atoms with Crippen molar-refractivity contribution in [1.82, 2.24) is 5.32 Å². The van der Waals surface area contributed by atoms with Crippen LogP contribution in [-0.4, -0.2) is 24.2 Å². The fourth-order valence-electron chi connectivity index (χ4n) is 2.54. The van der Waals surface area contributed by atoms with Crippen LogP contribution in [0.15, 0.2) is 54.6 Å². The Balaban J connectivity index is 1.83. The van der Waals surface area contributed by atoms with Crippen LogP contribution in [0.3, 0.4) is 0 Å². The van der Waals surface area contributed by atoms with Crippen LogP contribution in [0.4, 0.5) is 4.39 Å². The maximum atomic E-state index is 13.5. The average molecular weight is 315 g/mol. The summed E-state index contributed by atoms with van der Waals surface area (Å²) in [6.07, 6.45) is 1.23. The molecule has 0 aliphatic carbocycles. The van der Waals surface area contributed by atoms with Crippen molar-refractivity contribution < 1.29 is 14.3 Å². The molecule has 0 saturated carbocycles. The van der Waals surface area contributed by atoms with E-state index in [1.807, 2.05) is 30.3 Å². The third-order valence-electron chi connectivity index (χ3n) is 3.87. The van der Waals surface area contributed by atoms with Gasteiger partial charge in [0.05, 0.1) is 0 Å². The van der Waals surface area contributed by atoms with Gasteiger partial charge in [-0.05, 0) is 30.0 Å². The smallest absolute Gasteiger partial charge is 0.220 e. The molecule has 0 bridgehead atoms. The maximum Gasteiger partial charge on any atom is 0.220 e. The molecule has 122 valence electrons. The zero-order chi connectivity index (χ0) is 16.5. The van der Waals surface area contributed by atoms with Gasteiger partial charge in [0.1, 0.15) is 5.82 Å². The Kier molecular flexibility index (Phi) is 6.76. The molecule has 2 rings (SSSR count). The van der Waals surface area contributed by atoms with Crippen molar-refractivity contribution in [2.75, 3.05) is 13.2 Å². The molecule has 0 spiro atoms. The third kappa shape index (κ3) is 5.49. The van der Waals surface area contributed by atoms with Gasteiger partial charge in [-0.2, -0.15) is 0 Å². The molecule has 4 heteroatoms. The zero-order valence-electron chi connectivity index (χ0n) is 13.0. The van der Waals surface area contributed by atoms with Gasteiger partial charge in [0.25, 0.3) is 0 Å². The number of carbonyl (C=O) groups excluding carboxylic acids is 1. The Bertz CT molecular complexity index is 616. The summed E-state index contributed by atoms with van der Waals surface area (Å²) in [5, 5.41) is 12.1. The minimum absolute atomic E-state index is 0.0741. The topological polar surface area (TPSA) is 49.3 Å². The number of rotatable bonds is 8. The van der Waals surface area contributed by atoms with Gasteiger partial charge in [0, 0.05) is 25.5 Å². The lowest BCUT2D eigenvalue weighted by molar-refractivity contribution is -0.121. The first kappa shape index (κ1) is 17.2. The van der Waals surface area contributed by atoms with Crippen LogP contribution < -0.4 is 5.32 Å². The number of hydrogen-bond acceptors (Lipinski definition) is 2. The second-order valence-electron chi connectivity index (χ2n) is 5.52. The summed E-state index contributed by atoms with van der Waals surface area (Å²) in [5.41, 5.74) is 1.65. The average Bonchev–Trinajstić information content (AvgIpc) is 2.58. The predicted molar refractivity (Wildman–Crippen MR) is 88.6 cm³/mol. The fraction of sp³-hybridized carbons (Fsp3) is 0.316. The molecule has 2 N–H and O–H groups in total. The van der Waals surface area contributed by atoms with Gasteiger partial charge in [-0.25, -0.2) is 4.39 Å². The van der Waals surface area contributed by atoms with Crippen molar-refractivity contribution in [3.8, 4) is 0 Å². The number of aliphatic hydroxyl groups is 1. The molecule has 0 aromatic heterocycles. The number of benzene rings is 2. The number of halogens is 1. The molecule has 0 radical (unpaired) electrons. The summed E-state index contributed by atoms with van der Waals surface area (Å²) in [6.45, 7) is 0.547. The van der Waals surface area contributed by atoms with Gasteiger partial charge < -0.3 is 10.4 Å². The first-order chi connectivity index (χ1) is 11.2. The summed E-state index contributed by atoms with van der Waals surface area (Å²) < 4.78 is 13.5. The molecule has 1 atom stereocenters. The van der Waals surface area contributed by atoms with Crippen LogP contribution in [0.2, 0.25) is 0 Å². The SMILES string of the molecule is O=C(CCc1ccccc1F)NCC(CCO)c1ccccc1. The van der Waals surface area contributed by atoms with Crippen LogP contribution in [-0.2, 0) is 11.2 Å². The van der Waals surface area contributed by atoms with E-state index in [4.69, 9.17) is 0 Å². The van der Waals surface area contributed by atoms with E-state index in [0.717, 1.165) is 5.56 Å². The highest BCUT2D eigenvalue weighted by molar-refractivity contribution is 5.76. The highest BCUT2D eigenvalue weighted by atomic mass is 19.1. The Morgan fingerprint density at radius 2 is 1.78 bits per heavy atom. The predicted octanol–water partition coefficient (Wildman–Crippen LogP) is 3.04. The van der Waals surface area contributed by atoms with Crippen molar-refractivity contribution in [3.63, 3.8) is 0 Å². The van der Waals surface area contributed by atoms with Gasteiger partial charge in [0.2, 0.25) is 5.91 Å². The fourth-order valence-corrected chi connectivity index (χ4v) is 2.54. The summed E-state index contributed by atoms with van der Waals surface area (Å²) in [4.78, 5) is 12.0. The number of carbonyl (C=O) groups is 1. The molecule has 0 aliphatic rings. The maximum absolute atomic E-state index is 13.5. The van der Waals surface area contributed by atoms with Crippen molar-refractivity contribution in [3.05, 3.63) is 71.5 Å². The van der Waals surface area contributed by atoms with E-state index in [1.165, 1.54) is 6.07 Å². The second-order valence-corrected chi connectivity index (χ2v) is 5.52. The number of aryl methyl sites for hydroxylation is 1. The van der Waals surface area contributed by atoms with E-state index in [1.54, 1.807) is 18.2 Å². The molecule has 23 heavy (non-hydrogen) atoms. The molecule has 0 aliphatic heterocycles. The van der Waals surface area contributed by atoms with Gasteiger partial charge in [-0.3, -0.25) is 4.79 Å². The molecule has 0 fully saturated rings. The Morgan fingerprint density at radius 3 is 2.48 bits per heavy atom. The number of amides is 1. The van der Waals surface area contributed by atoms with E-state index >= 15 is 0 Å². The van der Waals surface area contributed by atoms with E-state index in [0.29, 0.717) is 24.9 Å². The zero-order valence-corrected chi connectivity index (χ0v) is 13.0. The highest BCUT2D eigenvalue weighted by Gasteiger charge is 2.12. The van der Waals surface area contributed by atoms with Gasteiger partial charge >= 0.3 is 0 Å². The first-order valence-electron chi connectivity index (χ1n) is 7.86. The van der Waals surface area contributed by atoms with Crippen molar-refractivity contribution in [1.29, 1.82) is 0 Å². The molecule has 1 amide bonds. The molecule has 1 unspecified atom stereocenters. The Hall–Kier alpha value is -2.20. The van der Waals surface area contributed by atoms with E-state index in [2.05, 4.69) is 5.32 Å². The van der Waals surface area contributed by atoms with E-state index in [9.17, 15) is 14.3 Å². The van der Waals surface area contributed by atoms with Crippen LogP contribution in [0.25, 0.3) is 0 Å². The van der Waals surface area contributed by atoms with Gasteiger partial charge in [-0.15, -0.1) is 0 Å². The summed E-state index contributed by atoms with van der Waals surface area (Å²) in [6, 6.07) is 16.3. The quantitative estimate of drug-likeness (QED) is 0.786. The monoisotopic (exact) mass is 315 g/mol. The van der Waals surface area contributed by atoms with Crippen LogP contribution in [0.5, 0.6) is 0 Å². The molecular weight excluding hydrogens is 293 g/mol. The summed E-state index contributed by atoms with van der Waals surface area (Å²) in [7, 11) is 0. The first-order valence-corrected chi connectivity index (χ1v) is 7.86. The molecule has 2 aromatic carbocycles. The Morgan fingerprint density at radius 1 is 1.09 bits per heavy atom. The van der Waals surface area contributed by atoms with Crippen LogP contribution in [0, 0.1) is 5.82 Å². The van der Waals surface area contributed by atoms with E-state index in [-0.39, 0.29) is 30.7 Å². The molecule has 2 aromatic rings. The lowest BCUT2D eigenvalue weighted by Crippen LogP contribution is -2.29. The van der Waals surface area contributed by atoms with E-state index < -0.39 is 0 Å². The lowest BCUT2D eigenvalue weighted by atomic mass is 9.96. The normalized spacial score (nSPS) is 11.9. The van der Waals surface area contributed by atoms with Gasteiger partial charge in [-0.1, -0.05) is 48.5 Å². The molecule has 3 nitrogen and oxygen atoms in total. The standard InChI is InChI=1S/C19H22FNO2/c20-18-9-5-4-8-16(18)10-11-19(23)21-14-17(12-13-22)15-6-2-1-3-7-15/h1-9,17,22H,10-14H2,(H,21,23). The Labute approximate surface area is 136 Å². The molecule has 0 saturated heterocycles. The summed E-state index contributed by atoms with van der Waals surface area (Å²) in [5.74, 6) is -0.298. The lowest BCUT2D eigenvalue weighted by Gasteiger charge is -2.17. The van der Waals surface area contributed by atoms with Gasteiger partial charge in [0.15, 0.2) is 0 Å². The molecular formula is C19H22FNO2. The summed E-state index contributed by atoms with van der Waals surface area (Å²) >= 11 is 0. The highest BCUT2D eigenvalue weighted by Crippen LogP contribution is 2.18.